The van der Waals surface area contributed by atoms with E-state index >= 15 is 4.39 Å². The lowest BCUT2D eigenvalue weighted by Crippen LogP contribution is -2.57. The smallest absolute Gasteiger partial charge is 0.411 e. The molecule has 7 unspecified atom stereocenters. The zero-order valence-corrected chi connectivity index (χ0v) is 22.7. The van der Waals surface area contributed by atoms with Crippen LogP contribution in [-0.2, 0) is 22.5 Å². The number of hydrogen-bond donors (Lipinski definition) is 3. The quantitative estimate of drug-likeness (QED) is 0.508. The molecule has 9 heteroatoms. The monoisotopic (exact) mass is 534 g/mol. The number of nitrogens with zero attached hydrogens (tertiary/aromatic N) is 1. The fourth-order valence-electron chi connectivity index (χ4n) is 7.20. The molecule has 2 aromatic carbocycles. The zero-order chi connectivity index (χ0) is 27.8. The summed E-state index contributed by atoms with van der Waals surface area (Å²) >= 11 is 0. The molecule has 206 valence electrons. The van der Waals surface area contributed by atoms with Crippen LogP contribution in [0.15, 0.2) is 36.4 Å². The summed E-state index contributed by atoms with van der Waals surface area (Å²) in [5, 5.41) is 5.63. The molecule has 0 radical (unpaired) electrons. The molecule has 7 atom stereocenters. The molecule has 39 heavy (non-hydrogen) atoms. The van der Waals surface area contributed by atoms with Gasteiger partial charge in [-0.25, -0.2) is 9.18 Å². The first-order valence-electron chi connectivity index (χ1n) is 13.7. The first-order chi connectivity index (χ1) is 18.4. The Bertz CT molecular complexity index is 1370. The molecule has 2 aliphatic heterocycles. The van der Waals surface area contributed by atoms with Gasteiger partial charge >= 0.3 is 6.09 Å². The molecular weight excluding hydrogens is 499 g/mol. The highest BCUT2D eigenvalue weighted by atomic mass is 19.1. The number of benzene rings is 2. The van der Waals surface area contributed by atoms with E-state index in [1.165, 1.54) is 6.07 Å². The maximum atomic E-state index is 15.1. The van der Waals surface area contributed by atoms with Gasteiger partial charge in [-0.3, -0.25) is 14.5 Å². The highest BCUT2D eigenvalue weighted by molar-refractivity contribution is 5.98. The number of ether oxygens (including phenoxy) is 1. The number of nitrogens with one attached hydrogen (secondary N) is 2. The molecule has 4 aliphatic rings. The number of halogens is 1. The summed E-state index contributed by atoms with van der Waals surface area (Å²) in [6, 6.07) is 9.77. The standard InChI is InChI=1S/C30H35FN4O4/c1-14-24-20-12-22(25(14)24)35(29(38)39-30(2,3)4)26(20)28(37)34-23(32)11-17-6-5-16(10-21(17)31)15-7-8-19-18(9-15)13-33-27(19)36/h5-10,14,20,22-26H,11-13,32H2,1-4H3,(H,33,36)(H,34,37). The van der Waals surface area contributed by atoms with Gasteiger partial charge in [-0.1, -0.05) is 25.1 Å². The Balaban J connectivity index is 1.14. The van der Waals surface area contributed by atoms with Crippen molar-refractivity contribution in [1.29, 1.82) is 0 Å². The van der Waals surface area contributed by atoms with Gasteiger partial charge in [0.15, 0.2) is 0 Å². The maximum absolute atomic E-state index is 15.1. The SMILES string of the molecule is CC1C2C3CC(C12)N(C(=O)OC(C)(C)C)C3C(=O)NC(N)Cc1ccc(-c2ccc3c(c2)CNC3=O)cc1F. The summed E-state index contributed by atoms with van der Waals surface area (Å²) in [7, 11) is 0. The fourth-order valence-corrected chi connectivity index (χ4v) is 7.20. The van der Waals surface area contributed by atoms with Crippen molar-refractivity contribution in [3.8, 4) is 11.1 Å². The molecule has 3 amide bonds. The molecule has 4 N–H and O–H groups in total. The Morgan fingerprint density at radius 3 is 2.62 bits per heavy atom. The van der Waals surface area contributed by atoms with Gasteiger partial charge in [-0.2, -0.15) is 0 Å². The van der Waals surface area contributed by atoms with Crippen LogP contribution in [0, 0.1) is 29.5 Å². The van der Waals surface area contributed by atoms with Gasteiger partial charge in [-0.15, -0.1) is 0 Å². The number of carbonyl (C=O) groups excluding carboxylic acids is 3. The van der Waals surface area contributed by atoms with Crippen LogP contribution in [0.2, 0.25) is 0 Å². The molecule has 2 aromatic rings. The van der Waals surface area contributed by atoms with E-state index in [9.17, 15) is 14.4 Å². The number of hydrogen-bond acceptors (Lipinski definition) is 5. The second-order valence-corrected chi connectivity index (χ2v) is 12.5. The van der Waals surface area contributed by atoms with Crippen molar-refractivity contribution in [2.45, 2.75) is 70.9 Å². The predicted molar refractivity (Wildman–Crippen MR) is 143 cm³/mol. The van der Waals surface area contributed by atoms with Crippen LogP contribution in [0.3, 0.4) is 0 Å². The lowest BCUT2D eigenvalue weighted by atomic mass is 9.94. The van der Waals surface area contributed by atoms with E-state index < -0.39 is 29.7 Å². The van der Waals surface area contributed by atoms with Crippen LogP contribution in [0.4, 0.5) is 9.18 Å². The second-order valence-electron chi connectivity index (χ2n) is 12.5. The van der Waals surface area contributed by atoms with Gasteiger partial charge < -0.3 is 21.1 Å². The van der Waals surface area contributed by atoms with Gasteiger partial charge in [0.1, 0.15) is 17.5 Å². The molecule has 2 saturated carbocycles. The second kappa shape index (κ2) is 9.05. The van der Waals surface area contributed by atoms with Crippen molar-refractivity contribution in [2.75, 3.05) is 0 Å². The first-order valence-corrected chi connectivity index (χ1v) is 13.7. The molecule has 2 bridgehead atoms. The Hall–Kier alpha value is -3.46. The molecular formula is C30H35FN4O4. The Morgan fingerprint density at radius 2 is 1.90 bits per heavy atom. The molecule has 0 aromatic heterocycles. The third kappa shape index (κ3) is 4.46. The molecule has 2 aliphatic carbocycles. The van der Waals surface area contributed by atoms with Gasteiger partial charge in [0.25, 0.3) is 5.91 Å². The van der Waals surface area contributed by atoms with Crippen LogP contribution in [0.25, 0.3) is 11.1 Å². The van der Waals surface area contributed by atoms with E-state index in [1.54, 1.807) is 23.1 Å². The minimum atomic E-state index is -0.818. The van der Waals surface area contributed by atoms with Gasteiger partial charge in [0.2, 0.25) is 5.91 Å². The average molecular weight is 535 g/mol. The number of carbonyl (C=O) groups is 3. The average Bonchev–Trinajstić information content (AvgIpc) is 3.17. The van der Waals surface area contributed by atoms with Crippen molar-refractivity contribution >= 4 is 17.9 Å². The predicted octanol–water partition coefficient (Wildman–Crippen LogP) is 3.57. The lowest BCUT2D eigenvalue weighted by molar-refractivity contribution is -0.128. The van der Waals surface area contributed by atoms with Crippen molar-refractivity contribution in [2.24, 2.45) is 29.4 Å². The van der Waals surface area contributed by atoms with E-state index in [2.05, 4.69) is 17.6 Å². The fraction of sp³-hybridized carbons (Fsp3) is 0.500. The van der Waals surface area contributed by atoms with Crippen molar-refractivity contribution in [1.82, 2.24) is 15.5 Å². The Labute approximate surface area is 227 Å². The highest BCUT2D eigenvalue weighted by Crippen LogP contribution is 2.67. The Kier molecular flexibility index (Phi) is 5.98. The van der Waals surface area contributed by atoms with Crippen LogP contribution in [0.5, 0.6) is 0 Å². The molecule has 0 spiro atoms. The number of likely N-dealkylation sites (tertiary alicyclic amines) is 1. The lowest BCUT2D eigenvalue weighted by Gasteiger charge is -2.35. The normalized spacial score (nSPS) is 29.0. The molecule has 8 nitrogen and oxygen atoms in total. The van der Waals surface area contributed by atoms with Crippen LogP contribution >= 0.6 is 0 Å². The van der Waals surface area contributed by atoms with E-state index in [-0.39, 0.29) is 30.2 Å². The zero-order valence-electron chi connectivity index (χ0n) is 22.7. The number of rotatable bonds is 5. The van der Waals surface area contributed by atoms with Gasteiger partial charge in [0, 0.05) is 24.6 Å². The van der Waals surface area contributed by atoms with Crippen LogP contribution in [0.1, 0.15) is 55.6 Å². The third-order valence-corrected chi connectivity index (χ3v) is 8.85. The van der Waals surface area contributed by atoms with Crippen LogP contribution in [-0.4, -0.2) is 46.7 Å². The van der Waals surface area contributed by atoms with Crippen molar-refractivity contribution in [3.63, 3.8) is 0 Å². The highest BCUT2D eigenvalue weighted by Gasteiger charge is 2.71. The van der Waals surface area contributed by atoms with Crippen molar-refractivity contribution < 1.29 is 23.5 Å². The van der Waals surface area contributed by atoms with E-state index in [0.29, 0.717) is 41.0 Å². The molecule has 3 fully saturated rings. The summed E-state index contributed by atoms with van der Waals surface area (Å²) in [6.07, 6.45) is -0.373. The number of fused-ring (bicyclic) bond motifs is 6. The van der Waals surface area contributed by atoms with Gasteiger partial charge in [-0.05, 0) is 91.3 Å². The summed E-state index contributed by atoms with van der Waals surface area (Å²) in [6.45, 7) is 8.09. The largest absolute Gasteiger partial charge is 0.444 e. The Morgan fingerprint density at radius 1 is 1.18 bits per heavy atom. The van der Waals surface area contributed by atoms with Crippen molar-refractivity contribution in [3.05, 3.63) is 58.9 Å². The minimum Gasteiger partial charge on any atom is -0.444 e. The number of piperidine rings is 1. The third-order valence-electron chi connectivity index (χ3n) is 8.85. The summed E-state index contributed by atoms with van der Waals surface area (Å²) < 4.78 is 20.8. The summed E-state index contributed by atoms with van der Waals surface area (Å²) in [4.78, 5) is 40.0. The number of nitrogens with two attached hydrogens (primary N) is 1. The minimum absolute atomic E-state index is 0.00920. The van der Waals surface area contributed by atoms with E-state index in [0.717, 1.165) is 17.5 Å². The van der Waals surface area contributed by atoms with E-state index in [4.69, 9.17) is 10.5 Å². The maximum Gasteiger partial charge on any atom is 0.411 e. The molecule has 6 rings (SSSR count). The first kappa shape index (κ1) is 25.8. The molecule has 1 saturated heterocycles. The molecule has 2 heterocycles. The summed E-state index contributed by atoms with van der Waals surface area (Å²) in [5.41, 5.74) is 9.06. The van der Waals surface area contributed by atoms with Crippen LogP contribution < -0.4 is 16.4 Å². The number of amides is 3. The van der Waals surface area contributed by atoms with Gasteiger partial charge in [0.05, 0.1) is 6.17 Å². The topological polar surface area (TPSA) is 114 Å². The van der Waals surface area contributed by atoms with E-state index in [1.807, 2.05) is 32.9 Å². The summed E-state index contributed by atoms with van der Waals surface area (Å²) in [5.74, 6) is 0.617.